The van der Waals surface area contributed by atoms with Crippen LogP contribution in [0.2, 0.25) is 0 Å². The van der Waals surface area contributed by atoms with Crippen LogP contribution in [0, 0.1) is 0 Å². The van der Waals surface area contributed by atoms with Crippen molar-refractivity contribution in [1.29, 1.82) is 0 Å². The molecule has 2 atom stereocenters. The number of allylic oxidation sites excluding steroid dienone is 10. The lowest BCUT2D eigenvalue weighted by atomic mass is 10.1. The Morgan fingerprint density at radius 2 is 0.905 bits per heavy atom. The molecule has 0 aliphatic carbocycles. The molecule has 0 heterocycles. The number of hydrogen-bond donors (Lipinski definition) is 0. The van der Waals surface area contributed by atoms with Crippen LogP contribution in [0.3, 0.4) is 0 Å². The number of ether oxygens (including phenoxy) is 4. The topological polar surface area (TPSA) is 111 Å². The van der Waals surface area contributed by atoms with Crippen molar-refractivity contribution in [2.75, 3.05) is 47.5 Å². The molecule has 0 aliphatic rings. The summed E-state index contributed by atoms with van der Waals surface area (Å²) in [5, 5.41) is 11.7. The molecular formula is C54H95NO8. The Labute approximate surface area is 386 Å². The van der Waals surface area contributed by atoms with E-state index in [1.54, 1.807) is 0 Å². The lowest BCUT2D eigenvalue weighted by Gasteiger charge is -2.26. The predicted octanol–water partition coefficient (Wildman–Crippen LogP) is 12.8. The highest BCUT2D eigenvalue weighted by molar-refractivity contribution is 5.70. The normalized spacial score (nSPS) is 13.3. The van der Waals surface area contributed by atoms with Crippen LogP contribution in [0.1, 0.15) is 206 Å². The van der Waals surface area contributed by atoms with Gasteiger partial charge in [0.1, 0.15) is 13.2 Å². The van der Waals surface area contributed by atoms with Crippen molar-refractivity contribution in [2.45, 2.75) is 219 Å². The lowest BCUT2D eigenvalue weighted by molar-refractivity contribution is -0.870. The minimum Gasteiger partial charge on any atom is -0.545 e. The molecule has 0 aromatic carbocycles. The van der Waals surface area contributed by atoms with Gasteiger partial charge in [0, 0.05) is 12.8 Å². The molecule has 0 aromatic rings. The first-order chi connectivity index (χ1) is 30.6. The van der Waals surface area contributed by atoms with Crippen molar-refractivity contribution >= 4 is 17.9 Å². The van der Waals surface area contributed by atoms with Crippen LogP contribution in [-0.2, 0) is 33.3 Å². The van der Waals surface area contributed by atoms with Gasteiger partial charge >= 0.3 is 11.9 Å². The summed E-state index contributed by atoms with van der Waals surface area (Å²) >= 11 is 0. The number of aliphatic carboxylic acids is 1. The molecule has 0 spiro atoms. The molecule has 0 rings (SSSR count). The van der Waals surface area contributed by atoms with Gasteiger partial charge in [0.15, 0.2) is 12.4 Å². The molecule has 0 aromatic heterocycles. The minimum atomic E-state index is -1.63. The van der Waals surface area contributed by atoms with Crippen LogP contribution in [0.5, 0.6) is 0 Å². The van der Waals surface area contributed by atoms with E-state index >= 15 is 0 Å². The van der Waals surface area contributed by atoms with Crippen LogP contribution in [0.15, 0.2) is 60.8 Å². The lowest BCUT2D eigenvalue weighted by Crippen LogP contribution is -2.44. The third-order valence-electron chi connectivity index (χ3n) is 10.7. The fourth-order valence-electron chi connectivity index (χ4n) is 6.81. The minimum absolute atomic E-state index is 0.143. The smallest absolute Gasteiger partial charge is 0.306 e. The summed E-state index contributed by atoms with van der Waals surface area (Å²) in [7, 11) is 5.91. The molecular weight excluding hydrogens is 791 g/mol. The first kappa shape index (κ1) is 60.0. The van der Waals surface area contributed by atoms with Crippen LogP contribution in [0.4, 0.5) is 0 Å². The number of hydrogen-bond acceptors (Lipinski definition) is 8. The Morgan fingerprint density at radius 1 is 0.492 bits per heavy atom. The number of carboxylic acids is 1. The Bertz CT molecular complexity index is 1220. The zero-order valence-electron chi connectivity index (χ0n) is 41.2. The van der Waals surface area contributed by atoms with Gasteiger partial charge in [-0.25, -0.2) is 0 Å². The maximum Gasteiger partial charge on any atom is 0.306 e. The van der Waals surface area contributed by atoms with Gasteiger partial charge in [-0.1, -0.05) is 177 Å². The van der Waals surface area contributed by atoms with E-state index in [9.17, 15) is 19.5 Å². The summed E-state index contributed by atoms with van der Waals surface area (Å²) in [6, 6.07) is 0. The third kappa shape index (κ3) is 46.8. The van der Waals surface area contributed by atoms with Gasteiger partial charge in [-0.3, -0.25) is 9.59 Å². The fraction of sp³-hybridized carbons (Fsp3) is 0.759. The highest BCUT2D eigenvalue weighted by atomic mass is 16.7. The summed E-state index contributed by atoms with van der Waals surface area (Å²) < 4.78 is 22.6. The third-order valence-corrected chi connectivity index (χ3v) is 10.7. The number of rotatable bonds is 46. The number of esters is 2. The number of quaternary nitrogens is 1. The van der Waals surface area contributed by atoms with Crippen LogP contribution in [0.25, 0.3) is 0 Å². The van der Waals surface area contributed by atoms with Gasteiger partial charge < -0.3 is 33.3 Å². The highest BCUT2D eigenvalue weighted by Crippen LogP contribution is 2.14. The molecule has 0 fully saturated rings. The molecule has 0 amide bonds. The molecule has 9 nitrogen and oxygen atoms in total. The van der Waals surface area contributed by atoms with Crippen molar-refractivity contribution in [3.8, 4) is 0 Å². The summed E-state index contributed by atoms with van der Waals surface area (Å²) in [4.78, 5) is 37.1. The van der Waals surface area contributed by atoms with Gasteiger partial charge in [-0.15, -0.1) is 0 Å². The van der Waals surface area contributed by atoms with Gasteiger partial charge in [0.2, 0.25) is 0 Å². The zero-order valence-corrected chi connectivity index (χ0v) is 41.2. The van der Waals surface area contributed by atoms with E-state index in [0.717, 1.165) is 83.5 Å². The van der Waals surface area contributed by atoms with E-state index < -0.39 is 24.3 Å². The summed E-state index contributed by atoms with van der Waals surface area (Å²) in [5.74, 6) is -2.30. The molecule has 2 unspecified atom stereocenters. The summed E-state index contributed by atoms with van der Waals surface area (Å²) in [6.07, 6.45) is 52.5. The summed E-state index contributed by atoms with van der Waals surface area (Å²) in [5.41, 5.74) is 0. The second kappa shape index (κ2) is 45.6. The van der Waals surface area contributed by atoms with Crippen molar-refractivity contribution in [2.24, 2.45) is 0 Å². The Balaban J connectivity index is 4.37. The molecule has 9 heteroatoms. The maximum absolute atomic E-state index is 12.8. The average Bonchev–Trinajstić information content (AvgIpc) is 3.24. The second-order valence-electron chi connectivity index (χ2n) is 18.1. The van der Waals surface area contributed by atoms with Crippen molar-refractivity contribution < 1.29 is 42.9 Å². The molecule has 0 N–H and O–H groups in total. The monoisotopic (exact) mass is 886 g/mol. The van der Waals surface area contributed by atoms with E-state index in [4.69, 9.17) is 18.9 Å². The van der Waals surface area contributed by atoms with Crippen LogP contribution >= 0.6 is 0 Å². The van der Waals surface area contributed by atoms with E-state index in [2.05, 4.69) is 74.6 Å². The zero-order chi connectivity index (χ0) is 46.3. The number of carbonyl (C=O) groups is 3. The standard InChI is InChI=1S/C54H95NO8/c1-6-8-10-12-14-16-18-20-22-24-25-26-27-29-31-33-35-37-39-41-43-45-52(57)63-50(49-62-54(53(58)59)60-47-46-55(3,4)5)48-61-51(56)44-42-40-38-36-34-32-30-28-23-21-19-17-15-13-11-9-7-2/h8,10,14,16,20-23,25-26,50,54H,6-7,9,11-13,15,17-19,24,27-49H2,1-5H3/b10-8-,16-14-,22-20-,23-21-,26-25-. The highest BCUT2D eigenvalue weighted by Gasteiger charge is 2.21. The number of likely N-dealkylation sites (N-methyl/N-ethyl adjacent to an activating group) is 1. The van der Waals surface area contributed by atoms with E-state index in [1.807, 2.05) is 21.1 Å². The van der Waals surface area contributed by atoms with Gasteiger partial charge in [-0.2, -0.15) is 0 Å². The molecule has 63 heavy (non-hydrogen) atoms. The number of unbranched alkanes of at least 4 members (excludes halogenated alkanes) is 21. The number of nitrogens with zero attached hydrogens (tertiary/aromatic N) is 1. The van der Waals surface area contributed by atoms with E-state index in [-0.39, 0.29) is 38.6 Å². The van der Waals surface area contributed by atoms with E-state index in [1.165, 1.54) is 89.9 Å². The fourth-order valence-corrected chi connectivity index (χ4v) is 6.81. The van der Waals surface area contributed by atoms with Crippen LogP contribution < -0.4 is 5.11 Å². The van der Waals surface area contributed by atoms with Gasteiger partial charge in [0.25, 0.3) is 0 Å². The van der Waals surface area contributed by atoms with E-state index in [0.29, 0.717) is 17.4 Å². The molecule has 0 saturated carbocycles. The first-order valence-corrected chi connectivity index (χ1v) is 25.4. The van der Waals surface area contributed by atoms with Crippen LogP contribution in [-0.4, -0.2) is 82.3 Å². The molecule has 0 aliphatic heterocycles. The number of carbonyl (C=O) groups excluding carboxylic acids is 3. The molecule has 0 saturated heterocycles. The Kier molecular flexibility index (Phi) is 43.4. The summed E-state index contributed by atoms with van der Waals surface area (Å²) in [6.45, 7) is 4.61. The predicted molar refractivity (Wildman–Crippen MR) is 260 cm³/mol. The van der Waals surface area contributed by atoms with Crippen molar-refractivity contribution in [1.82, 2.24) is 0 Å². The van der Waals surface area contributed by atoms with Gasteiger partial charge in [-0.05, 0) is 77.0 Å². The maximum atomic E-state index is 12.8. The van der Waals surface area contributed by atoms with Crippen molar-refractivity contribution in [3.05, 3.63) is 60.8 Å². The van der Waals surface area contributed by atoms with Gasteiger partial charge in [0.05, 0.1) is 40.3 Å². The number of carboxylic acid groups (broad SMARTS) is 1. The molecule has 0 radical (unpaired) electrons. The van der Waals surface area contributed by atoms with Crippen molar-refractivity contribution in [3.63, 3.8) is 0 Å². The average molecular weight is 886 g/mol. The quantitative estimate of drug-likeness (QED) is 0.0195. The second-order valence-corrected chi connectivity index (χ2v) is 18.1. The molecule has 364 valence electrons. The first-order valence-electron chi connectivity index (χ1n) is 25.4. The Morgan fingerprint density at radius 3 is 1.37 bits per heavy atom. The Hall–Kier alpha value is -3.01. The SMILES string of the molecule is CC/C=C\C/C=C\C/C=C\C/C=C\CCCCCCCCCCC(=O)OC(COC(=O)CCCCCCCCC/C=C\CCCCCCCC)COC(OCC[N+](C)(C)C)C(=O)[O-]. The molecule has 0 bridgehead atoms. The largest absolute Gasteiger partial charge is 0.545 e.